The smallest absolute Gasteiger partial charge is 0.309 e. The first kappa shape index (κ1) is 13.1. The van der Waals surface area contributed by atoms with Crippen LogP contribution in [0.2, 0.25) is 0 Å². The summed E-state index contributed by atoms with van der Waals surface area (Å²) in [7, 11) is 0. The lowest BCUT2D eigenvalue weighted by molar-refractivity contribution is -0.385. The molecule has 0 saturated heterocycles. The first-order valence-electron chi connectivity index (χ1n) is 6.89. The highest BCUT2D eigenvalue weighted by Gasteiger charge is 2.57. The summed E-state index contributed by atoms with van der Waals surface area (Å²) in [5.74, 6) is 0.366. The fourth-order valence-corrected chi connectivity index (χ4v) is 3.72. The zero-order chi connectivity index (χ0) is 14.5. The van der Waals surface area contributed by atoms with E-state index in [0.29, 0.717) is 23.8 Å². The van der Waals surface area contributed by atoms with Crippen molar-refractivity contribution in [3.8, 4) is 0 Å². The summed E-state index contributed by atoms with van der Waals surface area (Å²) in [4.78, 5) is 22.3. The van der Waals surface area contributed by atoms with Crippen LogP contribution in [0.15, 0.2) is 18.2 Å². The van der Waals surface area contributed by atoms with Gasteiger partial charge in [-0.25, -0.2) is 0 Å². The van der Waals surface area contributed by atoms with Gasteiger partial charge >= 0.3 is 5.97 Å². The molecule has 2 unspecified atom stereocenters. The molecule has 0 radical (unpaired) electrons. The second-order valence-corrected chi connectivity index (χ2v) is 6.24. The molecule has 3 rings (SSSR count). The van der Waals surface area contributed by atoms with Gasteiger partial charge in [0, 0.05) is 11.6 Å². The molecule has 2 aliphatic carbocycles. The quantitative estimate of drug-likeness (QED) is 0.676. The van der Waals surface area contributed by atoms with Gasteiger partial charge in [-0.1, -0.05) is 12.1 Å². The van der Waals surface area contributed by atoms with Gasteiger partial charge in [0.25, 0.3) is 5.69 Å². The molecule has 0 amide bonds. The number of nitro groups is 1. The molecule has 2 saturated carbocycles. The minimum absolute atomic E-state index is 0.0752. The lowest BCUT2D eigenvalue weighted by Gasteiger charge is -2.26. The first-order chi connectivity index (χ1) is 9.43. The summed E-state index contributed by atoms with van der Waals surface area (Å²) in [6, 6.07) is 4.93. The highest BCUT2D eigenvalue weighted by molar-refractivity contribution is 5.76. The molecule has 0 heterocycles. The fraction of sp³-hybridized carbons (Fsp3) is 0.533. The summed E-state index contributed by atoms with van der Waals surface area (Å²) < 4.78 is 0. The molecule has 0 aromatic heterocycles. The Balaban J connectivity index is 1.92. The van der Waals surface area contributed by atoms with Crippen molar-refractivity contribution in [2.45, 2.75) is 32.6 Å². The van der Waals surface area contributed by atoms with Gasteiger partial charge in [-0.05, 0) is 50.0 Å². The molecule has 2 aliphatic rings. The monoisotopic (exact) mass is 275 g/mol. The van der Waals surface area contributed by atoms with E-state index in [0.717, 1.165) is 24.8 Å². The number of aliphatic carboxylic acids is 1. The predicted molar refractivity (Wildman–Crippen MR) is 72.4 cm³/mol. The van der Waals surface area contributed by atoms with Crippen molar-refractivity contribution < 1.29 is 14.8 Å². The predicted octanol–water partition coefficient (Wildman–Crippen LogP) is 2.95. The molecule has 1 aromatic rings. The van der Waals surface area contributed by atoms with Crippen LogP contribution in [0.4, 0.5) is 5.69 Å². The average Bonchev–Trinajstić information content (AvgIpc) is 2.99. The van der Waals surface area contributed by atoms with Crippen molar-refractivity contribution in [1.29, 1.82) is 0 Å². The summed E-state index contributed by atoms with van der Waals surface area (Å²) in [5.41, 5.74) is 0.751. The van der Waals surface area contributed by atoms with Crippen LogP contribution < -0.4 is 0 Å². The van der Waals surface area contributed by atoms with E-state index in [2.05, 4.69) is 0 Å². The van der Waals surface area contributed by atoms with Crippen molar-refractivity contribution in [3.05, 3.63) is 39.4 Å². The van der Waals surface area contributed by atoms with Gasteiger partial charge < -0.3 is 5.11 Å². The Morgan fingerprint density at radius 2 is 2.10 bits per heavy atom. The number of carbonyl (C=O) groups is 1. The molecule has 2 atom stereocenters. The van der Waals surface area contributed by atoms with Crippen LogP contribution in [-0.2, 0) is 11.2 Å². The van der Waals surface area contributed by atoms with Crippen LogP contribution in [-0.4, -0.2) is 16.0 Å². The first-order valence-corrected chi connectivity index (χ1v) is 6.89. The van der Waals surface area contributed by atoms with Crippen molar-refractivity contribution in [3.63, 3.8) is 0 Å². The minimum atomic E-state index is -0.754. The van der Waals surface area contributed by atoms with Gasteiger partial charge in [0.1, 0.15) is 0 Å². The fourth-order valence-electron chi connectivity index (χ4n) is 3.72. The van der Waals surface area contributed by atoms with Crippen LogP contribution in [0.5, 0.6) is 0 Å². The molecule has 106 valence electrons. The van der Waals surface area contributed by atoms with Crippen LogP contribution >= 0.6 is 0 Å². The lowest BCUT2D eigenvalue weighted by atomic mass is 9.76. The number of nitrogens with zero attached hydrogens (tertiary/aromatic N) is 1. The van der Waals surface area contributed by atoms with Crippen LogP contribution in [0.1, 0.15) is 30.4 Å². The Morgan fingerprint density at radius 1 is 1.45 bits per heavy atom. The summed E-state index contributed by atoms with van der Waals surface area (Å²) in [5, 5.41) is 20.6. The van der Waals surface area contributed by atoms with E-state index >= 15 is 0 Å². The average molecular weight is 275 g/mol. The summed E-state index contributed by atoms with van der Waals surface area (Å²) >= 11 is 0. The van der Waals surface area contributed by atoms with Gasteiger partial charge in [-0.3, -0.25) is 14.9 Å². The highest BCUT2D eigenvalue weighted by atomic mass is 16.6. The summed E-state index contributed by atoms with van der Waals surface area (Å²) in [6.07, 6.45) is 3.00. The topological polar surface area (TPSA) is 80.4 Å². The Bertz CT molecular complexity index is 586. The molecule has 5 nitrogen and oxygen atoms in total. The number of benzene rings is 1. The van der Waals surface area contributed by atoms with Gasteiger partial charge in [0.05, 0.1) is 10.3 Å². The molecule has 0 aliphatic heterocycles. The van der Waals surface area contributed by atoms with E-state index in [1.807, 2.05) is 6.07 Å². The number of hydrogen-bond donors (Lipinski definition) is 1. The van der Waals surface area contributed by atoms with Gasteiger partial charge in [-0.2, -0.15) is 0 Å². The van der Waals surface area contributed by atoms with Gasteiger partial charge in [0.2, 0.25) is 0 Å². The standard InChI is InChI=1S/C15H17NO4/c1-9-10(3-2-4-13(9)16(19)20)6-15(14(17)18)7-11-5-12(11)8-15/h2-4,11-12H,5-8H2,1H3,(H,17,18). The second-order valence-electron chi connectivity index (χ2n) is 6.24. The maximum Gasteiger partial charge on any atom is 0.309 e. The molecular weight excluding hydrogens is 258 g/mol. The third-order valence-electron chi connectivity index (χ3n) is 4.97. The normalized spacial score (nSPS) is 30.9. The Morgan fingerprint density at radius 3 is 2.65 bits per heavy atom. The molecule has 0 bridgehead atoms. The second kappa shape index (κ2) is 4.30. The number of carboxylic acids is 1. The molecule has 0 spiro atoms. The summed E-state index contributed by atoms with van der Waals surface area (Å²) in [6.45, 7) is 1.71. The maximum atomic E-state index is 11.7. The van der Waals surface area contributed by atoms with E-state index in [1.54, 1.807) is 13.0 Å². The van der Waals surface area contributed by atoms with Gasteiger partial charge in [0.15, 0.2) is 0 Å². The highest BCUT2D eigenvalue weighted by Crippen LogP contribution is 2.61. The van der Waals surface area contributed by atoms with E-state index in [9.17, 15) is 20.0 Å². The lowest BCUT2D eigenvalue weighted by Crippen LogP contribution is -2.32. The Kier molecular flexibility index (Phi) is 2.81. The van der Waals surface area contributed by atoms with Crippen LogP contribution in [0, 0.1) is 34.3 Å². The van der Waals surface area contributed by atoms with E-state index in [1.165, 1.54) is 6.07 Å². The SMILES string of the molecule is Cc1c(CC2(C(=O)O)CC3CC3C2)cccc1[N+](=O)[O-]. The molecule has 5 heteroatoms. The number of nitro benzene ring substituents is 1. The van der Waals surface area contributed by atoms with Gasteiger partial charge in [-0.15, -0.1) is 0 Å². The zero-order valence-corrected chi connectivity index (χ0v) is 11.3. The van der Waals surface area contributed by atoms with E-state index in [-0.39, 0.29) is 5.69 Å². The maximum absolute atomic E-state index is 11.7. The molecular formula is C15H17NO4. The third-order valence-corrected chi connectivity index (χ3v) is 4.97. The van der Waals surface area contributed by atoms with Crippen molar-refractivity contribution in [2.75, 3.05) is 0 Å². The number of rotatable bonds is 4. The van der Waals surface area contributed by atoms with Crippen LogP contribution in [0.25, 0.3) is 0 Å². The van der Waals surface area contributed by atoms with Crippen LogP contribution in [0.3, 0.4) is 0 Å². The van der Waals surface area contributed by atoms with E-state index < -0.39 is 16.3 Å². The molecule has 20 heavy (non-hydrogen) atoms. The molecule has 1 N–H and O–H groups in total. The molecule has 1 aromatic carbocycles. The third kappa shape index (κ3) is 1.97. The van der Waals surface area contributed by atoms with Crippen molar-refractivity contribution in [2.24, 2.45) is 17.3 Å². The van der Waals surface area contributed by atoms with E-state index in [4.69, 9.17) is 0 Å². The molecule has 2 fully saturated rings. The minimum Gasteiger partial charge on any atom is -0.481 e. The largest absolute Gasteiger partial charge is 0.481 e. The number of hydrogen-bond acceptors (Lipinski definition) is 3. The zero-order valence-electron chi connectivity index (χ0n) is 11.3. The Hall–Kier alpha value is -1.91. The number of carboxylic acid groups (broad SMARTS) is 1. The Labute approximate surface area is 116 Å². The van der Waals surface area contributed by atoms with Crippen molar-refractivity contribution in [1.82, 2.24) is 0 Å². The van der Waals surface area contributed by atoms with Crippen molar-refractivity contribution >= 4 is 11.7 Å². The number of fused-ring (bicyclic) bond motifs is 1.